The second-order valence-corrected chi connectivity index (χ2v) is 5.04. The number of carbonyl (C=O) groups excluding carboxylic acids is 2. The Kier molecular flexibility index (Phi) is 4.92. The maximum absolute atomic E-state index is 12.1. The lowest BCUT2D eigenvalue weighted by molar-refractivity contribution is -0.384. The number of benzene rings is 2. The Bertz CT molecular complexity index is 775. The SMILES string of the molecule is CC(=O)Nc1ccc(NC(=O)c2ccc(Cl)c([N+](=O)[O-])c2)cc1. The van der Waals surface area contributed by atoms with Crippen molar-refractivity contribution in [2.75, 3.05) is 10.6 Å². The van der Waals surface area contributed by atoms with Crippen molar-refractivity contribution < 1.29 is 14.5 Å². The number of nitrogens with zero attached hydrogens (tertiary/aromatic N) is 1. The molecule has 2 rings (SSSR count). The third-order valence-corrected chi connectivity index (χ3v) is 3.19. The molecule has 118 valence electrons. The topological polar surface area (TPSA) is 101 Å². The van der Waals surface area contributed by atoms with Gasteiger partial charge in [-0.1, -0.05) is 11.6 Å². The van der Waals surface area contributed by atoms with Crippen molar-refractivity contribution in [2.45, 2.75) is 6.92 Å². The van der Waals surface area contributed by atoms with Crippen LogP contribution in [-0.4, -0.2) is 16.7 Å². The fourth-order valence-electron chi connectivity index (χ4n) is 1.84. The van der Waals surface area contributed by atoms with Crippen molar-refractivity contribution in [1.29, 1.82) is 0 Å². The Morgan fingerprint density at radius 3 is 2.13 bits per heavy atom. The minimum absolute atomic E-state index is 0.0359. The number of nitro benzene ring substituents is 1. The highest BCUT2D eigenvalue weighted by Gasteiger charge is 2.16. The highest BCUT2D eigenvalue weighted by molar-refractivity contribution is 6.32. The summed E-state index contributed by atoms with van der Waals surface area (Å²) in [5.41, 5.74) is 0.867. The molecule has 0 spiro atoms. The lowest BCUT2D eigenvalue weighted by atomic mass is 10.2. The van der Waals surface area contributed by atoms with E-state index in [0.717, 1.165) is 6.07 Å². The van der Waals surface area contributed by atoms with E-state index in [1.54, 1.807) is 24.3 Å². The number of nitrogens with one attached hydrogen (secondary N) is 2. The van der Waals surface area contributed by atoms with Crippen LogP contribution in [0.2, 0.25) is 5.02 Å². The molecule has 0 fully saturated rings. The first-order valence-corrected chi connectivity index (χ1v) is 6.87. The van der Waals surface area contributed by atoms with E-state index in [4.69, 9.17) is 11.6 Å². The Labute approximate surface area is 136 Å². The normalized spacial score (nSPS) is 10.0. The smallest absolute Gasteiger partial charge is 0.288 e. The van der Waals surface area contributed by atoms with Gasteiger partial charge in [-0.3, -0.25) is 19.7 Å². The fourth-order valence-corrected chi connectivity index (χ4v) is 2.02. The first-order valence-electron chi connectivity index (χ1n) is 6.50. The van der Waals surface area contributed by atoms with Crippen LogP contribution in [0.15, 0.2) is 42.5 Å². The molecule has 7 nitrogen and oxygen atoms in total. The van der Waals surface area contributed by atoms with Crippen LogP contribution >= 0.6 is 11.6 Å². The third-order valence-electron chi connectivity index (χ3n) is 2.87. The van der Waals surface area contributed by atoms with Crippen LogP contribution in [-0.2, 0) is 4.79 Å². The molecule has 2 N–H and O–H groups in total. The van der Waals surface area contributed by atoms with Gasteiger partial charge < -0.3 is 10.6 Å². The first-order chi connectivity index (χ1) is 10.9. The van der Waals surface area contributed by atoms with Crippen LogP contribution in [0.3, 0.4) is 0 Å². The number of anilines is 2. The molecule has 0 aliphatic heterocycles. The summed E-state index contributed by atoms with van der Waals surface area (Å²) in [5.74, 6) is -0.702. The predicted octanol–water partition coefficient (Wildman–Crippen LogP) is 3.46. The van der Waals surface area contributed by atoms with Gasteiger partial charge in [-0.15, -0.1) is 0 Å². The summed E-state index contributed by atoms with van der Waals surface area (Å²) in [6.07, 6.45) is 0. The zero-order valence-corrected chi connectivity index (χ0v) is 12.8. The van der Waals surface area contributed by atoms with E-state index in [1.807, 2.05) is 0 Å². The van der Waals surface area contributed by atoms with Crippen molar-refractivity contribution in [3.8, 4) is 0 Å². The first kappa shape index (κ1) is 16.4. The largest absolute Gasteiger partial charge is 0.326 e. The summed E-state index contributed by atoms with van der Waals surface area (Å²) < 4.78 is 0. The number of halogens is 1. The molecule has 0 aromatic heterocycles. The van der Waals surface area contributed by atoms with Gasteiger partial charge in [0.25, 0.3) is 11.6 Å². The zero-order chi connectivity index (χ0) is 17.0. The summed E-state index contributed by atoms with van der Waals surface area (Å²) in [4.78, 5) is 33.2. The molecule has 2 aromatic carbocycles. The average molecular weight is 334 g/mol. The van der Waals surface area contributed by atoms with Crippen LogP contribution in [0.4, 0.5) is 17.1 Å². The molecule has 0 heterocycles. The maximum atomic E-state index is 12.1. The van der Waals surface area contributed by atoms with Gasteiger partial charge in [-0.25, -0.2) is 0 Å². The van der Waals surface area contributed by atoms with E-state index >= 15 is 0 Å². The van der Waals surface area contributed by atoms with Crippen molar-refractivity contribution in [2.24, 2.45) is 0 Å². The monoisotopic (exact) mass is 333 g/mol. The molecular weight excluding hydrogens is 322 g/mol. The van der Waals surface area contributed by atoms with Gasteiger partial charge in [0, 0.05) is 29.9 Å². The third kappa shape index (κ3) is 4.27. The summed E-state index contributed by atoms with van der Waals surface area (Å²) in [6, 6.07) is 10.3. The Morgan fingerprint density at radius 2 is 1.61 bits per heavy atom. The van der Waals surface area contributed by atoms with Gasteiger partial charge in [-0.05, 0) is 36.4 Å². The number of carbonyl (C=O) groups is 2. The quantitative estimate of drug-likeness (QED) is 0.660. The lowest BCUT2D eigenvalue weighted by Crippen LogP contribution is -2.12. The number of amides is 2. The van der Waals surface area contributed by atoms with E-state index in [0.29, 0.717) is 11.4 Å². The Hall–Kier alpha value is -2.93. The Morgan fingerprint density at radius 1 is 1.04 bits per heavy atom. The number of hydrogen-bond donors (Lipinski definition) is 2. The molecule has 2 aromatic rings. The molecule has 0 bridgehead atoms. The van der Waals surface area contributed by atoms with Gasteiger partial charge in [0.1, 0.15) is 5.02 Å². The molecule has 23 heavy (non-hydrogen) atoms. The molecule has 0 saturated heterocycles. The minimum Gasteiger partial charge on any atom is -0.326 e. The Balaban J connectivity index is 2.14. The molecule has 8 heteroatoms. The molecule has 0 aliphatic carbocycles. The standard InChI is InChI=1S/C15H12ClN3O4/c1-9(20)17-11-3-5-12(6-4-11)18-15(21)10-2-7-13(16)14(8-10)19(22)23/h2-8H,1H3,(H,17,20)(H,18,21). The minimum atomic E-state index is -0.651. The number of nitro groups is 1. The van der Waals surface area contributed by atoms with E-state index in [-0.39, 0.29) is 22.2 Å². The molecule has 0 saturated carbocycles. The number of rotatable bonds is 4. The maximum Gasteiger partial charge on any atom is 0.288 e. The van der Waals surface area contributed by atoms with Gasteiger partial charge >= 0.3 is 0 Å². The van der Waals surface area contributed by atoms with Crippen molar-refractivity contribution in [1.82, 2.24) is 0 Å². The van der Waals surface area contributed by atoms with E-state index in [2.05, 4.69) is 10.6 Å². The molecule has 2 amide bonds. The fraction of sp³-hybridized carbons (Fsp3) is 0.0667. The van der Waals surface area contributed by atoms with Gasteiger partial charge in [0.2, 0.25) is 5.91 Å². The second kappa shape index (κ2) is 6.89. The molecule has 0 atom stereocenters. The average Bonchev–Trinajstić information content (AvgIpc) is 2.48. The molecule has 0 unspecified atom stereocenters. The van der Waals surface area contributed by atoms with Crippen LogP contribution in [0, 0.1) is 10.1 Å². The van der Waals surface area contributed by atoms with E-state index < -0.39 is 10.8 Å². The summed E-state index contributed by atoms with van der Waals surface area (Å²) in [5, 5.41) is 16.0. The zero-order valence-electron chi connectivity index (χ0n) is 12.0. The summed E-state index contributed by atoms with van der Waals surface area (Å²) >= 11 is 5.71. The molecule has 0 aliphatic rings. The predicted molar refractivity (Wildman–Crippen MR) is 86.8 cm³/mol. The van der Waals surface area contributed by atoms with Crippen LogP contribution in [0.25, 0.3) is 0 Å². The number of hydrogen-bond acceptors (Lipinski definition) is 4. The van der Waals surface area contributed by atoms with Gasteiger partial charge in [0.05, 0.1) is 4.92 Å². The molecule has 0 radical (unpaired) electrons. The lowest BCUT2D eigenvalue weighted by Gasteiger charge is -2.07. The van der Waals surface area contributed by atoms with Crippen molar-refractivity contribution >= 4 is 40.5 Å². The van der Waals surface area contributed by atoms with Crippen LogP contribution in [0.5, 0.6) is 0 Å². The van der Waals surface area contributed by atoms with Crippen LogP contribution < -0.4 is 10.6 Å². The van der Waals surface area contributed by atoms with Gasteiger partial charge in [0.15, 0.2) is 0 Å². The highest BCUT2D eigenvalue weighted by atomic mass is 35.5. The second-order valence-electron chi connectivity index (χ2n) is 4.64. The molecular formula is C15H12ClN3O4. The van der Waals surface area contributed by atoms with E-state index in [1.165, 1.54) is 19.1 Å². The van der Waals surface area contributed by atoms with Crippen molar-refractivity contribution in [3.05, 3.63) is 63.2 Å². The van der Waals surface area contributed by atoms with Crippen molar-refractivity contribution in [3.63, 3.8) is 0 Å². The summed E-state index contributed by atoms with van der Waals surface area (Å²) in [6.45, 7) is 1.39. The van der Waals surface area contributed by atoms with Crippen LogP contribution in [0.1, 0.15) is 17.3 Å². The highest BCUT2D eigenvalue weighted by Crippen LogP contribution is 2.25. The van der Waals surface area contributed by atoms with Gasteiger partial charge in [-0.2, -0.15) is 0 Å². The van der Waals surface area contributed by atoms with E-state index in [9.17, 15) is 19.7 Å². The summed E-state index contributed by atoms with van der Waals surface area (Å²) in [7, 11) is 0.